The number of unbranched alkanes of at least 4 members (excludes halogenated alkanes) is 1. The molecule has 0 rings (SSSR count). The van der Waals surface area contributed by atoms with Crippen molar-refractivity contribution >= 4 is 16.2 Å². The van der Waals surface area contributed by atoms with E-state index < -0.39 is 16.2 Å². The van der Waals surface area contributed by atoms with E-state index in [1.54, 1.807) is 21.1 Å². The Morgan fingerprint density at radius 3 is 2.12 bits per heavy atom. The third-order valence-corrected chi connectivity index (χ3v) is 7.74. The molecule has 7 heteroatoms. The number of rotatable bonds is 10. The summed E-state index contributed by atoms with van der Waals surface area (Å²) in [7, 11) is -0.00607. The summed E-state index contributed by atoms with van der Waals surface area (Å²) in [6, 6.07) is 0.909. The maximum absolute atomic E-state index is 11.7. The van der Waals surface area contributed by atoms with Gasteiger partial charge in [-0.1, -0.05) is 6.92 Å². The zero-order chi connectivity index (χ0) is 13.4. The predicted octanol–water partition coefficient (Wildman–Crippen LogP) is 3.01. The van der Waals surface area contributed by atoms with Crippen LogP contribution in [0, 0.1) is 0 Å². The summed E-state index contributed by atoms with van der Waals surface area (Å²) in [6.45, 7) is 4.28. The fraction of sp³-hybridized carbons (Fsp3) is 1.00. The standard InChI is InChI=1S/C10H25O5PSi/c1-6-16(11,12-2)15-9-7-8-10-17(5,13-3)14-4/h6-10H2,1-5H3. The molecule has 0 aliphatic carbocycles. The molecule has 5 nitrogen and oxygen atoms in total. The summed E-state index contributed by atoms with van der Waals surface area (Å²) >= 11 is 0. The first-order valence-electron chi connectivity index (χ1n) is 5.85. The fourth-order valence-electron chi connectivity index (χ4n) is 1.31. The summed E-state index contributed by atoms with van der Waals surface area (Å²) in [5, 5.41) is 0. The Bertz CT molecular complexity index is 237. The van der Waals surface area contributed by atoms with Gasteiger partial charge >= 0.3 is 16.2 Å². The lowest BCUT2D eigenvalue weighted by Crippen LogP contribution is -2.35. The van der Waals surface area contributed by atoms with Crippen LogP contribution in [0.25, 0.3) is 0 Å². The molecule has 0 bridgehead atoms. The van der Waals surface area contributed by atoms with Crippen molar-refractivity contribution in [3.63, 3.8) is 0 Å². The van der Waals surface area contributed by atoms with Crippen molar-refractivity contribution < 1.29 is 22.5 Å². The Morgan fingerprint density at radius 2 is 1.71 bits per heavy atom. The monoisotopic (exact) mass is 284 g/mol. The smallest absolute Gasteiger partial charge is 0.334 e. The highest BCUT2D eigenvalue weighted by atomic mass is 31.2. The summed E-state index contributed by atoms with van der Waals surface area (Å²) in [5.74, 6) is 0. The minimum Gasteiger partial charge on any atom is -0.398 e. The topological polar surface area (TPSA) is 54.0 Å². The van der Waals surface area contributed by atoms with Crippen molar-refractivity contribution in [1.29, 1.82) is 0 Å². The first-order chi connectivity index (χ1) is 7.95. The lowest BCUT2D eigenvalue weighted by molar-refractivity contribution is 0.226. The van der Waals surface area contributed by atoms with E-state index in [1.807, 2.05) is 6.55 Å². The van der Waals surface area contributed by atoms with Gasteiger partial charge in [-0.25, -0.2) is 0 Å². The molecular weight excluding hydrogens is 259 g/mol. The van der Waals surface area contributed by atoms with E-state index in [2.05, 4.69) is 0 Å². The van der Waals surface area contributed by atoms with Gasteiger partial charge in [-0.05, 0) is 25.4 Å². The second-order valence-corrected chi connectivity index (χ2v) is 10.0. The average molecular weight is 284 g/mol. The van der Waals surface area contributed by atoms with Gasteiger partial charge in [-0.2, -0.15) is 0 Å². The van der Waals surface area contributed by atoms with Gasteiger partial charge in [0.15, 0.2) is 0 Å². The lowest BCUT2D eigenvalue weighted by atomic mass is 10.4. The van der Waals surface area contributed by atoms with Crippen LogP contribution in [0.5, 0.6) is 0 Å². The van der Waals surface area contributed by atoms with Crippen LogP contribution in [0.2, 0.25) is 12.6 Å². The molecule has 0 spiro atoms. The second-order valence-electron chi connectivity index (χ2n) is 3.94. The molecule has 0 aromatic heterocycles. The molecule has 0 saturated carbocycles. The summed E-state index contributed by atoms with van der Waals surface area (Å²) in [5.41, 5.74) is 0. The van der Waals surface area contributed by atoms with Crippen molar-refractivity contribution in [2.24, 2.45) is 0 Å². The highest BCUT2D eigenvalue weighted by molar-refractivity contribution is 7.53. The Balaban J connectivity index is 3.76. The summed E-state index contributed by atoms with van der Waals surface area (Å²) in [4.78, 5) is 0. The molecular formula is C10H25O5PSi. The maximum Gasteiger partial charge on any atom is 0.334 e. The maximum atomic E-state index is 11.7. The van der Waals surface area contributed by atoms with E-state index in [9.17, 15) is 4.57 Å². The van der Waals surface area contributed by atoms with E-state index >= 15 is 0 Å². The van der Waals surface area contributed by atoms with E-state index in [0.717, 1.165) is 18.9 Å². The quantitative estimate of drug-likeness (QED) is 0.351. The van der Waals surface area contributed by atoms with Gasteiger partial charge < -0.3 is 17.9 Å². The summed E-state index contributed by atoms with van der Waals surface area (Å²) in [6.07, 6.45) is 2.19. The number of hydrogen-bond acceptors (Lipinski definition) is 5. The highest BCUT2D eigenvalue weighted by Crippen LogP contribution is 2.46. The molecule has 17 heavy (non-hydrogen) atoms. The molecule has 0 aliphatic heterocycles. The molecule has 0 fully saturated rings. The van der Waals surface area contributed by atoms with Crippen molar-refractivity contribution in [1.82, 2.24) is 0 Å². The SMILES string of the molecule is CCP(=O)(OC)OCCCC[Si](C)(OC)OC. The van der Waals surface area contributed by atoms with Crippen LogP contribution in [0.4, 0.5) is 0 Å². The molecule has 104 valence electrons. The molecule has 0 aromatic rings. The molecule has 0 saturated heterocycles. The van der Waals surface area contributed by atoms with Gasteiger partial charge in [0.1, 0.15) is 0 Å². The van der Waals surface area contributed by atoms with E-state index in [-0.39, 0.29) is 0 Å². The van der Waals surface area contributed by atoms with Crippen LogP contribution >= 0.6 is 7.60 Å². The summed E-state index contributed by atoms with van der Waals surface area (Å²) < 4.78 is 32.6. The first-order valence-corrected chi connectivity index (χ1v) is 10.1. The Kier molecular flexibility index (Phi) is 8.54. The first kappa shape index (κ1) is 17.3. The van der Waals surface area contributed by atoms with Crippen LogP contribution in [-0.4, -0.2) is 42.7 Å². The highest BCUT2D eigenvalue weighted by Gasteiger charge is 2.27. The lowest BCUT2D eigenvalue weighted by Gasteiger charge is -2.22. The van der Waals surface area contributed by atoms with Gasteiger partial charge in [0.25, 0.3) is 0 Å². The molecule has 0 heterocycles. The third-order valence-electron chi connectivity index (χ3n) is 2.84. The molecule has 1 unspecified atom stereocenters. The van der Waals surface area contributed by atoms with Crippen LogP contribution in [0.3, 0.4) is 0 Å². The van der Waals surface area contributed by atoms with Gasteiger partial charge in [0.2, 0.25) is 0 Å². The van der Waals surface area contributed by atoms with E-state index in [4.69, 9.17) is 17.9 Å². The second kappa shape index (κ2) is 8.40. The van der Waals surface area contributed by atoms with Crippen molar-refractivity contribution in [3.05, 3.63) is 0 Å². The van der Waals surface area contributed by atoms with Crippen LogP contribution < -0.4 is 0 Å². The fourth-order valence-corrected chi connectivity index (χ4v) is 3.73. The minimum atomic E-state index is -2.83. The largest absolute Gasteiger partial charge is 0.398 e. The Morgan fingerprint density at radius 1 is 1.12 bits per heavy atom. The Hall–Kier alpha value is 0.287. The van der Waals surface area contributed by atoms with Crippen LogP contribution in [-0.2, 0) is 22.5 Å². The van der Waals surface area contributed by atoms with Crippen LogP contribution in [0.1, 0.15) is 19.8 Å². The van der Waals surface area contributed by atoms with Gasteiger partial charge in [-0.3, -0.25) is 4.57 Å². The number of hydrogen-bond donors (Lipinski definition) is 0. The Labute approximate surface area is 106 Å². The average Bonchev–Trinajstić information content (AvgIpc) is 2.37. The third kappa shape index (κ3) is 6.69. The molecule has 0 N–H and O–H groups in total. The molecule has 0 radical (unpaired) electrons. The van der Waals surface area contributed by atoms with Crippen molar-refractivity contribution in [2.45, 2.75) is 32.4 Å². The minimum absolute atomic E-state index is 0.409. The van der Waals surface area contributed by atoms with Gasteiger partial charge in [0.05, 0.1) is 6.61 Å². The zero-order valence-electron chi connectivity index (χ0n) is 11.5. The van der Waals surface area contributed by atoms with E-state index in [1.165, 1.54) is 7.11 Å². The molecule has 0 aromatic carbocycles. The molecule has 0 aliphatic rings. The predicted molar refractivity (Wildman–Crippen MR) is 70.8 cm³/mol. The van der Waals surface area contributed by atoms with Crippen LogP contribution in [0.15, 0.2) is 0 Å². The van der Waals surface area contributed by atoms with Crippen molar-refractivity contribution in [2.75, 3.05) is 34.1 Å². The van der Waals surface area contributed by atoms with E-state index in [0.29, 0.717) is 12.8 Å². The molecule has 0 amide bonds. The normalized spacial score (nSPS) is 15.8. The van der Waals surface area contributed by atoms with Crippen molar-refractivity contribution in [3.8, 4) is 0 Å². The van der Waals surface area contributed by atoms with Gasteiger partial charge in [0, 0.05) is 27.5 Å². The van der Waals surface area contributed by atoms with Gasteiger partial charge in [-0.15, -0.1) is 0 Å². The molecule has 1 atom stereocenters. The zero-order valence-corrected chi connectivity index (χ0v) is 13.4.